The second-order valence-corrected chi connectivity index (χ2v) is 10.4. The average molecular weight is 544 g/mol. The van der Waals surface area contributed by atoms with Crippen molar-refractivity contribution in [1.29, 1.82) is 0 Å². The smallest absolute Gasteiger partial charge is 0.224 e. The number of nitrogens with one attached hydrogen (secondary N) is 2. The number of aromatic nitrogens is 2. The van der Waals surface area contributed by atoms with Gasteiger partial charge in [0.15, 0.2) is 5.11 Å². The third-order valence-electron chi connectivity index (χ3n) is 7.04. The summed E-state index contributed by atoms with van der Waals surface area (Å²) in [6.45, 7) is 8.08. The first-order valence-electron chi connectivity index (χ1n) is 12.6. The number of nitrogens with zero attached hydrogens (tertiary/aromatic N) is 3. The third kappa shape index (κ3) is 4.79. The second kappa shape index (κ2) is 10.6. The molecule has 4 aromatic rings. The number of aryl methyl sites for hydroxylation is 2. The van der Waals surface area contributed by atoms with Crippen molar-refractivity contribution in [2.45, 2.75) is 46.2 Å². The van der Waals surface area contributed by atoms with Crippen LogP contribution in [0.25, 0.3) is 5.69 Å². The monoisotopic (exact) mass is 543 g/mol. The molecule has 0 unspecified atom stereocenters. The van der Waals surface area contributed by atoms with E-state index in [1.165, 1.54) is 0 Å². The number of pyridine rings is 1. The van der Waals surface area contributed by atoms with Gasteiger partial charge in [-0.05, 0) is 98.7 Å². The molecule has 5 rings (SSSR count). The zero-order chi connectivity index (χ0) is 27.0. The molecule has 2 atom stereocenters. The summed E-state index contributed by atoms with van der Waals surface area (Å²) in [4.78, 5) is 18.8. The molecule has 2 aromatic heterocycles. The lowest BCUT2D eigenvalue weighted by molar-refractivity contribution is -0.115. The van der Waals surface area contributed by atoms with Crippen LogP contribution in [-0.4, -0.2) is 20.6 Å². The maximum atomic E-state index is 12.0. The van der Waals surface area contributed by atoms with Crippen molar-refractivity contribution in [1.82, 2.24) is 14.9 Å². The molecule has 0 radical (unpaired) electrons. The predicted octanol–water partition coefficient (Wildman–Crippen LogP) is 6.98. The van der Waals surface area contributed by atoms with Gasteiger partial charge in [-0.2, -0.15) is 0 Å². The molecule has 1 amide bonds. The van der Waals surface area contributed by atoms with Crippen molar-refractivity contribution in [2.24, 2.45) is 0 Å². The quantitative estimate of drug-likeness (QED) is 0.257. The Morgan fingerprint density at radius 2 is 1.87 bits per heavy atom. The van der Waals surface area contributed by atoms with Gasteiger partial charge >= 0.3 is 0 Å². The van der Waals surface area contributed by atoms with E-state index in [0.717, 1.165) is 45.3 Å². The van der Waals surface area contributed by atoms with E-state index in [0.29, 0.717) is 16.6 Å². The average Bonchev–Trinajstić information content (AvgIpc) is 3.40. The number of thiocarbonyl (C=S) groups is 1. The molecule has 0 bridgehead atoms. The van der Waals surface area contributed by atoms with Crippen molar-refractivity contribution in [2.75, 3.05) is 10.2 Å². The van der Waals surface area contributed by atoms with Crippen LogP contribution in [0, 0.1) is 20.8 Å². The Morgan fingerprint density at radius 1 is 1.05 bits per heavy atom. The van der Waals surface area contributed by atoms with Crippen LogP contribution in [0.3, 0.4) is 0 Å². The van der Waals surface area contributed by atoms with Gasteiger partial charge in [0.1, 0.15) is 0 Å². The van der Waals surface area contributed by atoms with Crippen LogP contribution >= 0.6 is 23.8 Å². The Hall–Kier alpha value is -3.68. The Balaban J connectivity index is 1.64. The van der Waals surface area contributed by atoms with Crippen LogP contribution in [0.15, 0.2) is 72.9 Å². The lowest BCUT2D eigenvalue weighted by Gasteiger charge is -2.29. The number of hydrogen-bond donors (Lipinski definition) is 2. The minimum atomic E-state index is -0.156. The van der Waals surface area contributed by atoms with Gasteiger partial charge in [0.25, 0.3) is 0 Å². The van der Waals surface area contributed by atoms with Crippen LogP contribution in [0.5, 0.6) is 0 Å². The predicted molar refractivity (Wildman–Crippen MR) is 158 cm³/mol. The summed E-state index contributed by atoms with van der Waals surface area (Å²) in [5, 5.41) is 7.84. The molecule has 0 aliphatic carbocycles. The summed E-state index contributed by atoms with van der Waals surface area (Å²) in [7, 11) is 0. The molecular formula is C30H30ClN5OS. The topological polar surface area (TPSA) is 62.2 Å². The molecule has 38 heavy (non-hydrogen) atoms. The lowest BCUT2D eigenvalue weighted by atomic mass is 9.96. The number of hydrogen-bond acceptors (Lipinski definition) is 3. The molecule has 2 aromatic carbocycles. The molecular weight excluding hydrogens is 514 g/mol. The summed E-state index contributed by atoms with van der Waals surface area (Å²) < 4.78 is 2.23. The summed E-state index contributed by atoms with van der Waals surface area (Å²) in [6, 6.07) is 21.8. The third-order valence-corrected chi connectivity index (χ3v) is 7.59. The van der Waals surface area contributed by atoms with Crippen molar-refractivity contribution in [3.63, 3.8) is 0 Å². The minimum Gasteiger partial charge on any atom is -0.351 e. The van der Waals surface area contributed by atoms with Gasteiger partial charge in [-0.25, -0.2) is 0 Å². The summed E-state index contributed by atoms with van der Waals surface area (Å²) in [5.41, 5.74) is 8.00. The SMILES string of the molecule is CCC(=O)Nc1ccc(N2C(=S)N[C@@H](c3ccccn3)[C@@H]2c2cc(C)n(-c3cccc(Cl)c3)c2C)cc1C. The molecule has 1 aliphatic heterocycles. The zero-order valence-corrected chi connectivity index (χ0v) is 23.4. The van der Waals surface area contributed by atoms with E-state index in [9.17, 15) is 4.79 Å². The standard InChI is InChI=1S/C30H30ClN5OS/c1-5-27(37)33-25-13-12-23(15-18(25)2)36-29(28(34-30(36)38)26-11-6-7-14-32-26)24-16-19(3)35(20(24)4)22-10-8-9-21(31)17-22/h6-17,28-29H,5H2,1-4H3,(H,33,37)(H,34,38)/t28-,29-/m0/s1. The van der Waals surface area contributed by atoms with E-state index in [4.69, 9.17) is 23.8 Å². The van der Waals surface area contributed by atoms with Crippen molar-refractivity contribution in [3.8, 4) is 5.69 Å². The van der Waals surface area contributed by atoms with E-state index >= 15 is 0 Å². The van der Waals surface area contributed by atoms with Crippen molar-refractivity contribution >= 4 is 46.2 Å². The van der Waals surface area contributed by atoms with Crippen molar-refractivity contribution in [3.05, 3.63) is 106 Å². The molecule has 1 aliphatic rings. The second-order valence-electron chi connectivity index (χ2n) is 9.54. The Bertz CT molecular complexity index is 1520. The van der Waals surface area contributed by atoms with Gasteiger partial charge in [0.2, 0.25) is 5.91 Å². The van der Waals surface area contributed by atoms with Crippen LogP contribution in [0.2, 0.25) is 5.02 Å². The number of halogens is 1. The number of anilines is 2. The molecule has 0 spiro atoms. The molecule has 1 fully saturated rings. The molecule has 3 heterocycles. The van der Waals surface area contributed by atoms with E-state index in [1.807, 2.05) is 68.6 Å². The Kier molecular flexibility index (Phi) is 7.23. The van der Waals surface area contributed by atoms with Crippen LogP contribution in [0.1, 0.15) is 53.6 Å². The molecule has 1 saturated heterocycles. The van der Waals surface area contributed by atoms with Gasteiger partial charge in [-0.3, -0.25) is 9.78 Å². The summed E-state index contributed by atoms with van der Waals surface area (Å²) in [5.74, 6) is -0.0132. The van der Waals surface area contributed by atoms with Gasteiger partial charge < -0.3 is 20.1 Å². The van der Waals surface area contributed by atoms with Crippen LogP contribution in [-0.2, 0) is 4.79 Å². The molecule has 2 N–H and O–H groups in total. The number of carbonyl (C=O) groups excluding carboxylic acids is 1. The first-order valence-corrected chi connectivity index (χ1v) is 13.4. The van der Waals surface area contributed by atoms with Crippen LogP contribution in [0.4, 0.5) is 11.4 Å². The van der Waals surface area contributed by atoms with Gasteiger partial charge in [0.05, 0.1) is 17.8 Å². The normalized spacial score (nSPS) is 17.0. The Labute approximate surface area is 233 Å². The van der Waals surface area contributed by atoms with E-state index < -0.39 is 0 Å². The fourth-order valence-electron chi connectivity index (χ4n) is 5.23. The number of carbonyl (C=O) groups is 1. The van der Waals surface area contributed by atoms with E-state index in [1.54, 1.807) is 0 Å². The van der Waals surface area contributed by atoms with Gasteiger partial charge in [-0.15, -0.1) is 0 Å². The highest BCUT2D eigenvalue weighted by Gasteiger charge is 2.42. The molecule has 194 valence electrons. The molecule has 6 nitrogen and oxygen atoms in total. The molecule has 8 heteroatoms. The maximum absolute atomic E-state index is 12.0. The zero-order valence-electron chi connectivity index (χ0n) is 21.8. The fourth-order valence-corrected chi connectivity index (χ4v) is 5.76. The largest absolute Gasteiger partial charge is 0.351 e. The summed E-state index contributed by atoms with van der Waals surface area (Å²) >= 11 is 12.3. The van der Waals surface area contributed by atoms with Gasteiger partial charge in [0, 0.05) is 46.1 Å². The van der Waals surface area contributed by atoms with E-state index in [2.05, 4.69) is 57.1 Å². The first-order chi connectivity index (χ1) is 18.3. The fraction of sp³-hybridized carbons (Fsp3) is 0.233. The van der Waals surface area contributed by atoms with E-state index in [-0.39, 0.29) is 18.0 Å². The highest BCUT2D eigenvalue weighted by atomic mass is 35.5. The maximum Gasteiger partial charge on any atom is 0.224 e. The number of rotatable bonds is 6. The van der Waals surface area contributed by atoms with Crippen molar-refractivity contribution < 1.29 is 4.79 Å². The Morgan fingerprint density at radius 3 is 2.55 bits per heavy atom. The first kappa shape index (κ1) is 25.9. The van der Waals surface area contributed by atoms with Gasteiger partial charge in [-0.1, -0.05) is 30.7 Å². The molecule has 0 saturated carbocycles. The summed E-state index contributed by atoms with van der Waals surface area (Å²) in [6.07, 6.45) is 2.24. The number of amides is 1. The lowest BCUT2D eigenvalue weighted by Crippen LogP contribution is -2.29. The van der Waals surface area contributed by atoms with Crippen LogP contribution < -0.4 is 15.5 Å². The highest BCUT2D eigenvalue weighted by Crippen LogP contribution is 2.44. The number of benzene rings is 2. The minimum absolute atomic E-state index is 0.0132. The highest BCUT2D eigenvalue weighted by molar-refractivity contribution is 7.80.